The second-order valence-electron chi connectivity index (χ2n) is 4.80. The molecule has 0 atom stereocenters. The summed E-state index contributed by atoms with van der Waals surface area (Å²) < 4.78 is 0. The second kappa shape index (κ2) is 4.51. The van der Waals surface area contributed by atoms with Gasteiger partial charge in [-0.25, -0.2) is 0 Å². The molecule has 0 saturated carbocycles. The minimum atomic E-state index is 0.0848. The van der Waals surface area contributed by atoms with E-state index < -0.39 is 0 Å². The Balaban J connectivity index is 2.02. The van der Waals surface area contributed by atoms with E-state index in [1.165, 1.54) is 0 Å². The Morgan fingerprint density at radius 3 is 2.95 bits per heavy atom. The number of benzene rings is 1. The third-order valence-electron chi connectivity index (χ3n) is 3.59. The van der Waals surface area contributed by atoms with Gasteiger partial charge in [-0.2, -0.15) is 5.10 Å². The fraction of sp³-hybridized carbons (Fsp3) is 0.286. The first kappa shape index (κ1) is 11.9. The number of anilines is 1. The molecule has 0 fully saturated rings. The van der Waals surface area contributed by atoms with Crippen molar-refractivity contribution in [3.63, 3.8) is 0 Å². The number of aromatic amines is 1. The lowest BCUT2D eigenvalue weighted by Gasteiger charge is -2.17. The van der Waals surface area contributed by atoms with Crippen LogP contribution in [0.2, 0.25) is 0 Å². The number of aryl methyl sites for hydroxylation is 1. The van der Waals surface area contributed by atoms with Gasteiger partial charge in [-0.3, -0.25) is 9.89 Å². The lowest BCUT2D eigenvalue weighted by Crippen LogP contribution is -2.18. The van der Waals surface area contributed by atoms with Crippen LogP contribution in [0.25, 0.3) is 11.3 Å². The summed E-state index contributed by atoms with van der Waals surface area (Å²) in [5.74, 6) is 0.0848. The molecule has 2 heterocycles. The van der Waals surface area contributed by atoms with Crippen molar-refractivity contribution >= 4 is 11.6 Å². The number of hydrogen-bond donors (Lipinski definition) is 3. The molecule has 0 unspecified atom stereocenters. The summed E-state index contributed by atoms with van der Waals surface area (Å²) in [6, 6.07) is 6.02. The molecule has 98 valence electrons. The van der Waals surface area contributed by atoms with Crippen LogP contribution in [0.5, 0.6) is 0 Å². The minimum Gasteiger partial charge on any atom is -0.326 e. The zero-order chi connectivity index (χ0) is 13.4. The molecule has 0 radical (unpaired) electrons. The molecule has 1 aromatic carbocycles. The summed E-state index contributed by atoms with van der Waals surface area (Å²) in [4.78, 5) is 11.3. The zero-order valence-electron chi connectivity index (χ0n) is 10.8. The van der Waals surface area contributed by atoms with E-state index in [0.717, 1.165) is 40.2 Å². The maximum absolute atomic E-state index is 11.3. The van der Waals surface area contributed by atoms with Crippen LogP contribution < -0.4 is 11.1 Å². The van der Waals surface area contributed by atoms with E-state index in [1.54, 1.807) is 0 Å². The summed E-state index contributed by atoms with van der Waals surface area (Å²) in [5.41, 5.74) is 11.8. The van der Waals surface area contributed by atoms with Crippen LogP contribution in [-0.4, -0.2) is 16.1 Å². The van der Waals surface area contributed by atoms with Gasteiger partial charge >= 0.3 is 0 Å². The first-order valence-corrected chi connectivity index (χ1v) is 6.36. The number of nitrogens with zero attached hydrogens (tertiary/aromatic N) is 1. The standard InChI is InChI=1S/C14H16N4O/c1-8-12(7-15)17-18-14(8)10-2-4-11-9(6-10)3-5-13(19)16-11/h2,4,6H,3,5,7,15H2,1H3,(H,16,19)(H,17,18). The maximum Gasteiger partial charge on any atom is 0.224 e. The first-order chi connectivity index (χ1) is 9.19. The number of H-pyrrole nitrogens is 1. The van der Waals surface area contributed by atoms with Crippen LogP contribution in [0.1, 0.15) is 23.2 Å². The van der Waals surface area contributed by atoms with Gasteiger partial charge in [0, 0.05) is 24.2 Å². The lowest BCUT2D eigenvalue weighted by molar-refractivity contribution is -0.116. The van der Waals surface area contributed by atoms with Crippen LogP contribution in [0.4, 0.5) is 5.69 Å². The molecule has 19 heavy (non-hydrogen) atoms. The molecule has 5 nitrogen and oxygen atoms in total. The van der Waals surface area contributed by atoms with E-state index >= 15 is 0 Å². The van der Waals surface area contributed by atoms with Crippen molar-refractivity contribution in [1.29, 1.82) is 0 Å². The van der Waals surface area contributed by atoms with Gasteiger partial charge in [-0.05, 0) is 36.6 Å². The smallest absolute Gasteiger partial charge is 0.224 e. The van der Waals surface area contributed by atoms with Crippen molar-refractivity contribution < 1.29 is 4.79 Å². The third kappa shape index (κ3) is 2.02. The molecule has 2 aromatic rings. The summed E-state index contributed by atoms with van der Waals surface area (Å²) in [5, 5.41) is 10.2. The van der Waals surface area contributed by atoms with E-state index in [0.29, 0.717) is 13.0 Å². The highest BCUT2D eigenvalue weighted by Gasteiger charge is 2.17. The largest absolute Gasteiger partial charge is 0.326 e. The Hall–Kier alpha value is -2.14. The van der Waals surface area contributed by atoms with E-state index in [1.807, 2.05) is 19.1 Å². The van der Waals surface area contributed by atoms with E-state index in [4.69, 9.17) is 5.73 Å². The van der Waals surface area contributed by atoms with Gasteiger partial charge in [0.2, 0.25) is 5.91 Å². The van der Waals surface area contributed by atoms with Gasteiger partial charge in [0.05, 0.1) is 11.4 Å². The Bertz CT molecular complexity index is 645. The number of hydrogen-bond acceptors (Lipinski definition) is 3. The third-order valence-corrected chi connectivity index (χ3v) is 3.59. The van der Waals surface area contributed by atoms with Crippen molar-refractivity contribution in [2.24, 2.45) is 5.73 Å². The number of nitrogens with two attached hydrogens (primary N) is 1. The van der Waals surface area contributed by atoms with E-state index in [9.17, 15) is 4.79 Å². The Morgan fingerprint density at radius 1 is 1.37 bits per heavy atom. The Morgan fingerprint density at radius 2 is 2.21 bits per heavy atom. The average Bonchev–Trinajstić information content (AvgIpc) is 2.79. The highest BCUT2D eigenvalue weighted by atomic mass is 16.1. The van der Waals surface area contributed by atoms with Gasteiger partial charge in [0.1, 0.15) is 0 Å². The number of nitrogens with one attached hydrogen (secondary N) is 2. The number of carbonyl (C=O) groups is 1. The maximum atomic E-state index is 11.3. The Labute approximate surface area is 111 Å². The highest BCUT2D eigenvalue weighted by Crippen LogP contribution is 2.29. The number of aromatic nitrogens is 2. The molecule has 1 aliphatic rings. The van der Waals surface area contributed by atoms with Crippen LogP contribution in [0.3, 0.4) is 0 Å². The molecule has 0 aliphatic carbocycles. The molecular weight excluding hydrogens is 240 g/mol. The normalized spacial score (nSPS) is 14.1. The minimum absolute atomic E-state index is 0.0848. The molecule has 4 N–H and O–H groups in total. The predicted molar refractivity (Wildman–Crippen MR) is 73.6 cm³/mol. The first-order valence-electron chi connectivity index (χ1n) is 6.36. The zero-order valence-corrected chi connectivity index (χ0v) is 10.8. The SMILES string of the molecule is Cc1c(-c2ccc3c(c2)CCC(=O)N3)n[nH]c1CN. The fourth-order valence-electron chi connectivity index (χ4n) is 2.44. The summed E-state index contributed by atoms with van der Waals surface area (Å²) in [6.07, 6.45) is 1.33. The summed E-state index contributed by atoms with van der Waals surface area (Å²) in [7, 11) is 0. The van der Waals surface area contributed by atoms with Crippen molar-refractivity contribution in [3.8, 4) is 11.3 Å². The van der Waals surface area contributed by atoms with Crippen molar-refractivity contribution in [2.75, 3.05) is 5.32 Å². The molecule has 3 rings (SSSR count). The molecule has 5 heteroatoms. The fourth-order valence-corrected chi connectivity index (χ4v) is 2.44. The number of amides is 1. The number of carbonyl (C=O) groups excluding carboxylic acids is 1. The average molecular weight is 256 g/mol. The van der Waals surface area contributed by atoms with Crippen molar-refractivity contribution in [2.45, 2.75) is 26.3 Å². The monoisotopic (exact) mass is 256 g/mol. The second-order valence-corrected chi connectivity index (χ2v) is 4.80. The summed E-state index contributed by atoms with van der Waals surface area (Å²) in [6.45, 7) is 2.47. The van der Waals surface area contributed by atoms with Crippen LogP contribution in [0.15, 0.2) is 18.2 Å². The molecule has 1 aliphatic heterocycles. The van der Waals surface area contributed by atoms with Gasteiger partial charge in [0.15, 0.2) is 0 Å². The molecule has 1 aromatic heterocycles. The number of rotatable bonds is 2. The van der Waals surface area contributed by atoms with Crippen LogP contribution in [0, 0.1) is 6.92 Å². The number of fused-ring (bicyclic) bond motifs is 1. The molecular formula is C14H16N4O. The molecule has 0 bridgehead atoms. The highest BCUT2D eigenvalue weighted by molar-refractivity contribution is 5.94. The van der Waals surface area contributed by atoms with Gasteiger partial charge < -0.3 is 11.1 Å². The molecule has 1 amide bonds. The Kier molecular flexibility index (Phi) is 2.83. The molecule has 0 spiro atoms. The van der Waals surface area contributed by atoms with E-state index in [-0.39, 0.29) is 5.91 Å². The van der Waals surface area contributed by atoms with Gasteiger partial charge in [0.25, 0.3) is 0 Å². The van der Waals surface area contributed by atoms with Crippen LogP contribution in [-0.2, 0) is 17.8 Å². The van der Waals surface area contributed by atoms with E-state index in [2.05, 4.69) is 21.6 Å². The van der Waals surface area contributed by atoms with Crippen molar-refractivity contribution in [1.82, 2.24) is 10.2 Å². The van der Waals surface area contributed by atoms with Gasteiger partial charge in [-0.15, -0.1) is 0 Å². The van der Waals surface area contributed by atoms with Crippen molar-refractivity contribution in [3.05, 3.63) is 35.0 Å². The molecule has 0 saturated heterocycles. The summed E-state index contributed by atoms with van der Waals surface area (Å²) >= 11 is 0. The van der Waals surface area contributed by atoms with Gasteiger partial charge in [-0.1, -0.05) is 6.07 Å². The lowest BCUT2D eigenvalue weighted by atomic mass is 9.98. The van der Waals surface area contributed by atoms with Crippen LogP contribution >= 0.6 is 0 Å². The predicted octanol–water partition coefficient (Wildman–Crippen LogP) is 1.73. The topological polar surface area (TPSA) is 83.8 Å². The quantitative estimate of drug-likeness (QED) is 0.765.